The van der Waals surface area contributed by atoms with Gasteiger partial charge >= 0.3 is 0 Å². The molecule has 5 nitrogen and oxygen atoms in total. The number of rotatable bonds is 5. The third-order valence-electron chi connectivity index (χ3n) is 2.71. The molecule has 1 aliphatic rings. The minimum absolute atomic E-state index is 0.429. The maximum Gasteiger partial charge on any atom is 0.216 e. The highest BCUT2D eigenvalue weighted by molar-refractivity contribution is 14.1. The van der Waals surface area contributed by atoms with Crippen molar-refractivity contribution < 1.29 is 14.0 Å². The average Bonchev–Trinajstić information content (AvgIpc) is 2.39. The van der Waals surface area contributed by atoms with Gasteiger partial charge in [-0.25, -0.2) is 0 Å². The van der Waals surface area contributed by atoms with Crippen molar-refractivity contribution in [3.05, 3.63) is 15.7 Å². The zero-order valence-electron chi connectivity index (χ0n) is 10.8. The molecule has 0 aliphatic carbocycles. The second kappa shape index (κ2) is 7.51. The summed E-state index contributed by atoms with van der Waals surface area (Å²) in [6.45, 7) is 3.60. The van der Waals surface area contributed by atoms with E-state index in [1.54, 1.807) is 6.26 Å². The van der Waals surface area contributed by atoms with Crippen LogP contribution in [0.25, 0.3) is 0 Å². The van der Waals surface area contributed by atoms with Gasteiger partial charge in [-0.15, -0.1) is 0 Å². The Hall–Kier alpha value is -0.250. The van der Waals surface area contributed by atoms with Gasteiger partial charge in [-0.3, -0.25) is 0 Å². The van der Waals surface area contributed by atoms with Crippen molar-refractivity contribution in [2.24, 2.45) is 0 Å². The number of ether oxygens (including phenoxy) is 2. The summed E-state index contributed by atoms with van der Waals surface area (Å²) in [6, 6.07) is 3.93. The predicted molar refractivity (Wildman–Crippen MR) is 84.4 cm³/mol. The van der Waals surface area contributed by atoms with Gasteiger partial charge in [-0.05, 0) is 28.7 Å². The summed E-state index contributed by atoms with van der Waals surface area (Å²) < 4.78 is 23.0. The molecule has 0 bridgehead atoms. The van der Waals surface area contributed by atoms with Crippen LogP contribution in [0.2, 0.25) is 0 Å². The number of hydrogen-bond donors (Lipinski definition) is 0. The fourth-order valence-corrected chi connectivity index (χ4v) is 2.62. The SMILES string of the molecule is C[S+]([O-])CCOc1cc(I)cc(N2CCOCC2)n1. The van der Waals surface area contributed by atoms with E-state index in [1.165, 1.54) is 0 Å². The quantitative estimate of drug-likeness (QED) is 0.555. The van der Waals surface area contributed by atoms with Crippen LogP contribution in [-0.2, 0) is 15.9 Å². The van der Waals surface area contributed by atoms with Crippen molar-refractivity contribution in [3.63, 3.8) is 0 Å². The van der Waals surface area contributed by atoms with E-state index in [0.29, 0.717) is 18.2 Å². The highest BCUT2D eigenvalue weighted by Crippen LogP contribution is 2.21. The normalized spacial score (nSPS) is 17.3. The third kappa shape index (κ3) is 4.97. The van der Waals surface area contributed by atoms with E-state index in [1.807, 2.05) is 12.1 Å². The van der Waals surface area contributed by atoms with Crippen LogP contribution in [0, 0.1) is 3.57 Å². The van der Waals surface area contributed by atoms with Crippen LogP contribution in [-0.4, -0.2) is 54.5 Å². The van der Waals surface area contributed by atoms with Gasteiger partial charge in [0.25, 0.3) is 0 Å². The summed E-state index contributed by atoms with van der Waals surface area (Å²) in [5, 5.41) is 0. The standard InChI is InChI=1S/C12H17IN2O3S/c1-19(16)7-6-18-12-9-10(13)8-11(14-12)15-2-4-17-5-3-15/h8-9H,2-7H2,1H3. The topological polar surface area (TPSA) is 57.7 Å². The van der Waals surface area contributed by atoms with Crippen LogP contribution in [0.3, 0.4) is 0 Å². The monoisotopic (exact) mass is 396 g/mol. The van der Waals surface area contributed by atoms with Crippen LogP contribution in [0.1, 0.15) is 0 Å². The Labute approximate surface area is 130 Å². The Balaban J connectivity index is 2.01. The van der Waals surface area contributed by atoms with Crippen molar-refractivity contribution >= 4 is 39.6 Å². The van der Waals surface area contributed by atoms with Gasteiger partial charge in [-0.2, -0.15) is 4.98 Å². The molecule has 106 valence electrons. The summed E-state index contributed by atoms with van der Waals surface area (Å²) >= 11 is 1.42. The van der Waals surface area contributed by atoms with Crippen molar-refractivity contribution in [2.75, 3.05) is 49.8 Å². The van der Waals surface area contributed by atoms with Crippen LogP contribution >= 0.6 is 22.6 Å². The zero-order valence-corrected chi connectivity index (χ0v) is 13.8. The summed E-state index contributed by atoms with van der Waals surface area (Å²) in [7, 11) is 0. The average molecular weight is 396 g/mol. The fraction of sp³-hybridized carbons (Fsp3) is 0.583. The first-order chi connectivity index (χ1) is 9.15. The predicted octanol–water partition coefficient (Wildman–Crippen LogP) is 1.28. The van der Waals surface area contributed by atoms with Crippen molar-refractivity contribution in [3.8, 4) is 5.88 Å². The number of hydrogen-bond acceptors (Lipinski definition) is 5. The largest absolute Gasteiger partial charge is 0.616 e. The molecule has 0 N–H and O–H groups in total. The van der Waals surface area contributed by atoms with Crippen LogP contribution in [0.15, 0.2) is 12.1 Å². The maximum absolute atomic E-state index is 11.0. The first-order valence-electron chi connectivity index (χ1n) is 6.08. The number of halogens is 1. The highest BCUT2D eigenvalue weighted by atomic mass is 127. The smallest absolute Gasteiger partial charge is 0.216 e. The van der Waals surface area contributed by atoms with Gasteiger partial charge in [0.15, 0.2) is 0 Å². The Morgan fingerprint density at radius 1 is 1.47 bits per heavy atom. The number of pyridine rings is 1. The van der Waals surface area contributed by atoms with Gasteiger partial charge in [-0.1, -0.05) is 11.2 Å². The van der Waals surface area contributed by atoms with Crippen molar-refractivity contribution in [1.82, 2.24) is 4.98 Å². The minimum Gasteiger partial charge on any atom is -0.616 e. The molecule has 1 aromatic rings. The first-order valence-corrected chi connectivity index (χ1v) is 8.89. The molecule has 0 spiro atoms. The lowest BCUT2D eigenvalue weighted by atomic mass is 10.3. The molecule has 1 aromatic heterocycles. The molecule has 2 rings (SSSR count). The van der Waals surface area contributed by atoms with Crippen LogP contribution in [0.5, 0.6) is 5.88 Å². The molecule has 0 aromatic carbocycles. The van der Waals surface area contributed by atoms with Gasteiger partial charge in [0, 0.05) is 22.7 Å². The second-order valence-corrected chi connectivity index (χ2v) is 7.01. The van der Waals surface area contributed by atoms with Crippen molar-refractivity contribution in [2.45, 2.75) is 0 Å². The fourth-order valence-electron chi connectivity index (χ4n) is 1.75. The molecule has 1 saturated heterocycles. The molecule has 2 heterocycles. The van der Waals surface area contributed by atoms with E-state index < -0.39 is 11.2 Å². The summed E-state index contributed by atoms with van der Waals surface area (Å²) in [5.41, 5.74) is 0. The lowest BCUT2D eigenvalue weighted by Crippen LogP contribution is -2.36. The molecular weight excluding hydrogens is 379 g/mol. The molecule has 1 aliphatic heterocycles. The van der Waals surface area contributed by atoms with E-state index in [2.05, 4.69) is 32.5 Å². The van der Waals surface area contributed by atoms with E-state index in [-0.39, 0.29) is 0 Å². The third-order valence-corrected chi connectivity index (χ3v) is 4.07. The number of aromatic nitrogens is 1. The highest BCUT2D eigenvalue weighted by Gasteiger charge is 2.14. The second-order valence-electron chi connectivity index (χ2n) is 4.21. The zero-order chi connectivity index (χ0) is 13.7. The summed E-state index contributed by atoms with van der Waals surface area (Å²) in [6.07, 6.45) is 1.67. The molecule has 19 heavy (non-hydrogen) atoms. The summed E-state index contributed by atoms with van der Waals surface area (Å²) in [4.78, 5) is 6.69. The van der Waals surface area contributed by atoms with Crippen LogP contribution < -0.4 is 9.64 Å². The molecule has 0 saturated carbocycles. The molecule has 0 radical (unpaired) electrons. The number of morpholine rings is 1. The van der Waals surface area contributed by atoms with Gasteiger partial charge in [0.2, 0.25) is 5.88 Å². The summed E-state index contributed by atoms with van der Waals surface area (Å²) in [5.74, 6) is 2.04. The molecule has 1 atom stereocenters. The van der Waals surface area contributed by atoms with E-state index in [4.69, 9.17) is 9.47 Å². The Kier molecular flexibility index (Phi) is 5.99. The van der Waals surface area contributed by atoms with Gasteiger partial charge in [0.05, 0.1) is 19.5 Å². The molecule has 0 amide bonds. The lowest BCUT2D eigenvalue weighted by Gasteiger charge is -2.28. The van der Waals surface area contributed by atoms with E-state index in [0.717, 1.165) is 35.7 Å². The first kappa shape index (κ1) is 15.1. The van der Waals surface area contributed by atoms with E-state index in [9.17, 15) is 4.55 Å². The van der Waals surface area contributed by atoms with Crippen molar-refractivity contribution in [1.29, 1.82) is 0 Å². The number of anilines is 1. The molecule has 1 fully saturated rings. The maximum atomic E-state index is 11.0. The Bertz CT molecular complexity index is 414. The van der Waals surface area contributed by atoms with Crippen LogP contribution in [0.4, 0.5) is 5.82 Å². The van der Waals surface area contributed by atoms with Gasteiger partial charge < -0.3 is 18.9 Å². The van der Waals surface area contributed by atoms with Gasteiger partial charge in [0.1, 0.15) is 18.2 Å². The Morgan fingerprint density at radius 2 is 2.21 bits per heavy atom. The minimum atomic E-state index is -0.836. The Morgan fingerprint density at radius 3 is 2.89 bits per heavy atom. The van der Waals surface area contributed by atoms with E-state index >= 15 is 0 Å². The number of nitrogens with zero attached hydrogens (tertiary/aromatic N) is 2. The molecular formula is C12H17IN2O3S. The molecule has 1 unspecified atom stereocenters. The lowest BCUT2D eigenvalue weighted by molar-refractivity contribution is 0.122. The molecule has 7 heteroatoms.